The highest BCUT2D eigenvalue weighted by Gasteiger charge is 2.25. The number of hydrogen-bond acceptors (Lipinski definition) is 5. The van der Waals surface area contributed by atoms with Gasteiger partial charge in [-0.2, -0.15) is 0 Å². The largest absolute Gasteiger partial charge is 0.351 e. The van der Waals surface area contributed by atoms with Gasteiger partial charge in [0, 0.05) is 10.6 Å². The first kappa shape index (κ1) is 23.1. The van der Waals surface area contributed by atoms with Crippen LogP contribution >= 0.6 is 35.0 Å². The second kappa shape index (κ2) is 9.72. The number of para-hydroxylation sites is 1. The zero-order valence-electron chi connectivity index (χ0n) is 17.1. The van der Waals surface area contributed by atoms with Crippen molar-refractivity contribution in [2.24, 2.45) is 5.73 Å². The van der Waals surface area contributed by atoms with E-state index < -0.39 is 17.2 Å². The number of halogens is 2. The van der Waals surface area contributed by atoms with Crippen LogP contribution in [0.3, 0.4) is 0 Å². The maximum Gasteiger partial charge on any atom is 0.318 e. The molecule has 0 spiro atoms. The fourth-order valence-electron chi connectivity index (χ4n) is 3.02. The van der Waals surface area contributed by atoms with Gasteiger partial charge in [-0.25, -0.2) is 4.79 Å². The summed E-state index contributed by atoms with van der Waals surface area (Å²) in [5.41, 5.74) is 7.66. The third-order valence-corrected chi connectivity index (χ3v) is 6.09. The standard InChI is InChI=1S/C21H21Cl2N5O2S/c1-11(2)14-6-4-5-7-17(14)28-18(15-9-8-13(22)10-16(15)23)26-27-21(28)31-12(3)19(29)25-20(24)30/h4-12H,1-3H3,(H3,24,25,29,30). The van der Waals surface area contributed by atoms with Crippen molar-refractivity contribution in [3.63, 3.8) is 0 Å². The van der Waals surface area contributed by atoms with E-state index in [0.717, 1.165) is 23.0 Å². The van der Waals surface area contributed by atoms with E-state index in [1.54, 1.807) is 25.1 Å². The van der Waals surface area contributed by atoms with Crippen LogP contribution in [0.1, 0.15) is 32.3 Å². The lowest BCUT2D eigenvalue weighted by Gasteiger charge is -2.18. The van der Waals surface area contributed by atoms with E-state index in [1.165, 1.54) is 0 Å². The molecule has 1 unspecified atom stereocenters. The van der Waals surface area contributed by atoms with Gasteiger partial charge in [0.05, 0.1) is 16.0 Å². The monoisotopic (exact) mass is 477 g/mol. The topological polar surface area (TPSA) is 103 Å². The molecule has 0 fully saturated rings. The lowest BCUT2D eigenvalue weighted by atomic mass is 10.0. The first-order valence-electron chi connectivity index (χ1n) is 9.46. The normalized spacial score (nSPS) is 12.1. The number of imide groups is 1. The highest BCUT2D eigenvalue weighted by molar-refractivity contribution is 8.00. The van der Waals surface area contributed by atoms with E-state index in [-0.39, 0.29) is 5.92 Å². The first-order valence-corrected chi connectivity index (χ1v) is 11.1. The van der Waals surface area contributed by atoms with Crippen molar-refractivity contribution in [2.75, 3.05) is 0 Å². The Kier molecular flexibility index (Phi) is 7.25. The fourth-order valence-corrected chi connectivity index (χ4v) is 4.38. The Labute approximate surface area is 194 Å². The molecule has 3 rings (SSSR count). The van der Waals surface area contributed by atoms with Crippen LogP contribution in [0, 0.1) is 0 Å². The second-order valence-electron chi connectivity index (χ2n) is 7.09. The van der Waals surface area contributed by atoms with Gasteiger partial charge in [-0.15, -0.1) is 10.2 Å². The molecule has 1 aromatic heterocycles. The molecule has 0 saturated heterocycles. The number of carbonyl (C=O) groups excluding carboxylic acids is 2. The Bertz CT molecular complexity index is 1130. The van der Waals surface area contributed by atoms with E-state index in [2.05, 4.69) is 29.4 Å². The van der Waals surface area contributed by atoms with Crippen LogP contribution in [-0.4, -0.2) is 32.0 Å². The number of aromatic nitrogens is 3. The summed E-state index contributed by atoms with van der Waals surface area (Å²) in [6, 6.07) is 12.1. The summed E-state index contributed by atoms with van der Waals surface area (Å²) in [5, 5.41) is 11.6. The van der Waals surface area contributed by atoms with Gasteiger partial charge < -0.3 is 5.73 Å². The molecule has 10 heteroatoms. The first-order chi connectivity index (χ1) is 14.7. The summed E-state index contributed by atoms with van der Waals surface area (Å²) in [5.74, 6) is 0.218. The smallest absolute Gasteiger partial charge is 0.318 e. The van der Waals surface area contributed by atoms with E-state index in [1.807, 2.05) is 28.8 Å². The van der Waals surface area contributed by atoms with Crippen molar-refractivity contribution in [2.45, 2.75) is 37.1 Å². The number of benzene rings is 2. The summed E-state index contributed by atoms with van der Waals surface area (Å²) in [6.07, 6.45) is 0. The van der Waals surface area contributed by atoms with Crippen molar-refractivity contribution < 1.29 is 9.59 Å². The number of nitrogens with one attached hydrogen (secondary N) is 1. The average molecular weight is 478 g/mol. The third-order valence-electron chi connectivity index (χ3n) is 4.50. The SMILES string of the molecule is CC(Sc1nnc(-c2ccc(Cl)cc2Cl)n1-c1ccccc1C(C)C)C(=O)NC(N)=O. The predicted octanol–water partition coefficient (Wildman–Crippen LogP) is 5.04. The minimum absolute atomic E-state index is 0.223. The number of rotatable bonds is 6. The van der Waals surface area contributed by atoms with Crippen molar-refractivity contribution in [1.29, 1.82) is 0 Å². The Balaban J connectivity index is 2.16. The van der Waals surface area contributed by atoms with Crippen molar-refractivity contribution in [3.8, 4) is 17.1 Å². The molecule has 1 heterocycles. The van der Waals surface area contributed by atoms with Gasteiger partial charge in [-0.1, -0.05) is 67.0 Å². The van der Waals surface area contributed by atoms with Crippen LogP contribution in [0.4, 0.5) is 4.79 Å². The maximum atomic E-state index is 12.2. The highest BCUT2D eigenvalue weighted by atomic mass is 35.5. The zero-order valence-corrected chi connectivity index (χ0v) is 19.4. The fraction of sp³-hybridized carbons (Fsp3) is 0.238. The predicted molar refractivity (Wildman–Crippen MR) is 124 cm³/mol. The molecule has 0 aliphatic carbocycles. The number of urea groups is 1. The van der Waals surface area contributed by atoms with Crippen LogP contribution in [0.5, 0.6) is 0 Å². The number of primary amides is 1. The Morgan fingerprint density at radius 2 is 1.81 bits per heavy atom. The molecular weight excluding hydrogens is 457 g/mol. The molecule has 0 aliphatic heterocycles. The number of nitrogens with two attached hydrogens (primary N) is 1. The molecule has 3 amide bonds. The lowest BCUT2D eigenvalue weighted by Crippen LogP contribution is -2.39. The molecule has 2 aromatic carbocycles. The van der Waals surface area contributed by atoms with Gasteiger partial charge in [0.15, 0.2) is 11.0 Å². The number of hydrogen-bond donors (Lipinski definition) is 2. The summed E-state index contributed by atoms with van der Waals surface area (Å²) in [7, 11) is 0. The van der Waals surface area contributed by atoms with Crippen molar-refractivity contribution in [1.82, 2.24) is 20.1 Å². The number of thioether (sulfide) groups is 1. The van der Waals surface area contributed by atoms with Gasteiger partial charge in [0.25, 0.3) is 0 Å². The Morgan fingerprint density at radius 1 is 1.10 bits per heavy atom. The van der Waals surface area contributed by atoms with E-state index >= 15 is 0 Å². The van der Waals surface area contributed by atoms with Gasteiger partial charge in [-0.05, 0) is 42.7 Å². The lowest BCUT2D eigenvalue weighted by molar-refractivity contribution is -0.119. The molecule has 0 radical (unpaired) electrons. The molecule has 7 nitrogen and oxygen atoms in total. The Hall–Kier alpha value is -2.55. The Morgan fingerprint density at radius 3 is 2.45 bits per heavy atom. The zero-order chi connectivity index (χ0) is 22.7. The third kappa shape index (κ3) is 5.20. The van der Waals surface area contributed by atoms with Gasteiger partial charge in [-0.3, -0.25) is 14.7 Å². The van der Waals surface area contributed by atoms with Crippen LogP contribution in [0.15, 0.2) is 47.6 Å². The van der Waals surface area contributed by atoms with Crippen molar-refractivity contribution >= 4 is 46.9 Å². The number of nitrogens with zero attached hydrogens (tertiary/aromatic N) is 3. The second-order valence-corrected chi connectivity index (χ2v) is 9.24. The number of amides is 3. The molecule has 3 aromatic rings. The van der Waals surface area contributed by atoms with Crippen LogP contribution in [-0.2, 0) is 4.79 Å². The summed E-state index contributed by atoms with van der Waals surface area (Å²) >= 11 is 13.7. The minimum Gasteiger partial charge on any atom is -0.351 e. The van der Waals surface area contributed by atoms with Gasteiger partial charge >= 0.3 is 6.03 Å². The molecular formula is C21H21Cl2N5O2S. The van der Waals surface area contributed by atoms with Gasteiger partial charge in [0.1, 0.15) is 0 Å². The van der Waals surface area contributed by atoms with Gasteiger partial charge in [0.2, 0.25) is 5.91 Å². The molecule has 31 heavy (non-hydrogen) atoms. The van der Waals surface area contributed by atoms with Crippen LogP contribution in [0.25, 0.3) is 17.1 Å². The van der Waals surface area contributed by atoms with Crippen LogP contribution < -0.4 is 11.1 Å². The van der Waals surface area contributed by atoms with E-state index in [9.17, 15) is 9.59 Å². The maximum absolute atomic E-state index is 12.2. The molecule has 0 saturated carbocycles. The van der Waals surface area contributed by atoms with E-state index in [4.69, 9.17) is 28.9 Å². The number of carbonyl (C=O) groups is 2. The average Bonchev–Trinajstić information content (AvgIpc) is 3.10. The minimum atomic E-state index is -0.905. The molecule has 1 atom stereocenters. The summed E-state index contributed by atoms with van der Waals surface area (Å²) in [4.78, 5) is 23.3. The van der Waals surface area contributed by atoms with Crippen molar-refractivity contribution in [3.05, 3.63) is 58.1 Å². The molecule has 0 bridgehead atoms. The molecule has 0 aliphatic rings. The molecule has 162 valence electrons. The summed E-state index contributed by atoms with van der Waals surface area (Å²) in [6.45, 7) is 5.84. The molecule has 3 N–H and O–H groups in total. The van der Waals surface area contributed by atoms with Crippen LogP contribution in [0.2, 0.25) is 10.0 Å². The van der Waals surface area contributed by atoms with E-state index in [0.29, 0.717) is 26.6 Å². The summed E-state index contributed by atoms with van der Waals surface area (Å²) < 4.78 is 1.86. The quantitative estimate of drug-likeness (QED) is 0.483. The highest BCUT2D eigenvalue weighted by Crippen LogP contribution is 2.36.